The van der Waals surface area contributed by atoms with Crippen molar-refractivity contribution < 1.29 is 4.92 Å². The number of benzene rings is 1. The van der Waals surface area contributed by atoms with E-state index >= 15 is 0 Å². The van der Waals surface area contributed by atoms with Gasteiger partial charge in [-0.05, 0) is 6.07 Å². The first-order valence-electron chi connectivity index (χ1n) is 4.53. The lowest BCUT2D eigenvalue weighted by atomic mass is 10.2. The van der Waals surface area contributed by atoms with Gasteiger partial charge in [0.25, 0.3) is 5.69 Å². The van der Waals surface area contributed by atoms with Crippen LogP contribution in [0.2, 0.25) is 0 Å². The Labute approximate surface area is 95.0 Å². The number of nitro groups is 1. The number of nitriles is 1. The van der Waals surface area contributed by atoms with Crippen LogP contribution in [0.25, 0.3) is 0 Å². The molecular formula is C9H6N6O2. The molecule has 0 radical (unpaired) electrons. The number of aromatic amines is 1. The number of nitro benzene ring substituents is 1. The minimum Gasteiger partial charge on any atom is -0.331 e. The normalized spacial score (nSPS) is 9.59. The van der Waals surface area contributed by atoms with Crippen molar-refractivity contribution in [3.05, 3.63) is 40.1 Å². The molecule has 1 heterocycles. The molecule has 0 aliphatic heterocycles. The Morgan fingerprint density at radius 2 is 2.18 bits per heavy atom. The lowest BCUT2D eigenvalue weighted by molar-refractivity contribution is -0.383. The summed E-state index contributed by atoms with van der Waals surface area (Å²) in [5, 5.41) is 31.7. The van der Waals surface area contributed by atoms with Crippen LogP contribution in [0.4, 0.5) is 17.2 Å². The maximum atomic E-state index is 10.8. The summed E-state index contributed by atoms with van der Waals surface area (Å²) in [4.78, 5) is 10.2. The monoisotopic (exact) mass is 230 g/mol. The van der Waals surface area contributed by atoms with E-state index in [1.807, 2.05) is 6.07 Å². The van der Waals surface area contributed by atoms with Crippen molar-refractivity contribution in [3.63, 3.8) is 0 Å². The third-order valence-corrected chi connectivity index (χ3v) is 2.01. The zero-order valence-corrected chi connectivity index (χ0v) is 8.41. The van der Waals surface area contributed by atoms with Gasteiger partial charge in [0.1, 0.15) is 11.8 Å². The number of aromatic nitrogens is 3. The van der Waals surface area contributed by atoms with Gasteiger partial charge in [-0.15, -0.1) is 10.2 Å². The van der Waals surface area contributed by atoms with Crippen LogP contribution >= 0.6 is 0 Å². The number of hydrogen-bond acceptors (Lipinski definition) is 6. The molecule has 0 saturated carbocycles. The van der Waals surface area contributed by atoms with Gasteiger partial charge in [0.15, 0.2) is 5.82 Å². The number of para-hydroxylation sites is 2. The highest BCUT2D eigenvalue weighted by atomic mass is 16.6. The van der Waals surface area contributed by atoms with E-state index in [4.69, 9.17) is 5.26 Å². The molecule has 8 heteroatoms. The summed E-state index contributed by atoms with van der Waals surface area (Å²) < 4.78 is 0. The smallest absolute Gasteiger partial charge is 0.292 e. The highest BCUT2D eigenvalue weighted by molar-refractivity contribution is 5.69. The van der Waals surface area contributed by atoms with E-state index in [1.54, 1.807) is 12.1 Å². The van der Waals surface area contributed by atoms with Crippen LogP contribution in [-0.2, 0) is 0 Å². The van der Waals surface area contributed by atoms with Crippen molar-refractivity contribution in [2.45, 2.75) is 0 Å². The topological polar surface area (TPSA) is 121 Å². The summed E-state index contributed by atoms with van der Waals surface area (Å²) in [6, 6.07) is 7.88. The molecular weight excluding hydrogens is 224 g/mol. The van der Waals surface area contributed by atoms with E-state index < -0.39 is 4.92 Å². The molecule has 0 spiro atoms. The second-order valence-electron chi connectivity index (χ2n) is 3.03. The zero-order valence-electron chi connectivity index (χ0n) is 8.41. The fraction of sp³-hybridized carbons (Fsp3) is 0. The molecule has 0 saturated heterocycles. The van der Waals surface area contributed by atoms with Crippen molar-refractivity contribution in [2.24, 2.45) is 0 Å². The first-order valence-corrected chi connectivity index (χ1v) is 4.53. The molecule has 0 amide bonds. The zero-order chi connectivity index (χ0) is 12.3. The molecule has 84 valence electrons. The average molecular weight is 230 g/mol. The molecule has 17 heavy (non-hydrogen) atoms. The summed E-state index contributed by atoms with van der Waals surface area (Å²) in [6.45, 7) is 0. The molecule has 0 bridgehead atoms. The average Bonchev–Trinajstić information content (AvgIpc) is 2.77. The Hall–Kier alpha value is -2.95. The first kappa shape index (κ1) is 10.6. The second-order valence-corrected chi connectivity index (χ2v) is 3.03. The fourth-order valence-electron chi connectivity index (χ4n) is 1.26. The summed E-state index contributed by atoms with van der Waals surface area (Å²) >= 11 is 0. The van der Waals surface area contributed by atoms with Gasteiger partial charge in [0.2, 0.25) is 5.69 Å². The van der Waals surface area contributed by atoms with Crippen LogP contribution in [0.3, 0.4) is 0 Å². The van der Waals surface area contributed by atoms with Gasteiger partial charge in [0, 0.05) is 6.07 Å². The van der Waals surface area contributed by atoms with Crippen LogP contribution in [0.15, 0.2) is 24.3 Å². The van der Waals surface area contributed by atoms with Gasteiger partial charge in [-0.2, -0.15) is 10.5 Å². The third kappa shape index (κ3) is 2.03. The predicted octanol–water partition coefficient (Wildman–Crippen LogP) is 1.33. The van der Waals surface area contributed by atoms with Gasteiger partial charge in [-0.3, -0.25) is 10.1 Å². The van der Waals surface area contributed by atoms with Gasteiger partial charge in [0.05, 0.1) is 4.92 Å². The van der Waals surface area contributed by atoms with Crippen molar-refractivity contribution in [1.82, 2.24) is 15.4 Å². The van der Waals surface area contributed by atoms with Crippen molar-refractivity contribution in [2.75, 3.05) is 5.32 Å². The molecule has 8 nitrogen and oxygen atoms in total. The van der Waals surface area contributed by atoms with E-state index in [-0.39, 0.29) is 22.9 Å². The van der Waals surface area contributed by atoms with Gasteiger partial charge >= 0.3 is 0 Å². The molecule has 2 aromatic rings. The lowest BCUT2D eigenvalue weighted by Gasteiger charge is -2.02. The van der Waals surface area contributed by atoms with E-state index in [1.165, 1.54) is 12.1 Å². The number of rotatable bonds is 3. The van der Waals surface area contributed by atoms with Crippen LogP contribution in [0, 0.1) is 21.4 Å². The highest BCUT2D eigenvalue weighted by Gasteiger charge is 2.15. The Balaban J connectivity index is 2.37. The molecule has 2 N–H and O–H groups in total. The maximum Gasteiger partial charge on any atom is 0.292 e. The summed E-state index contributed by atoms with van der Waals surface area (Å²) in [5.74, 6) is 0.154. The van der Waals surface area contributed by atoms with Gasteiger partial charge < -0.3 is 5.32 Å². The second kappa shape index (κ2) is 4.28. The third-order valence-electron chi connectivity index (χ3n) is 2.01. The van der Waals surface area contributed by atoms with Gasteiger partial charge in [-0.1, -0.05) is 12.1 Å². The largest absolute Gasteiger partial charge is 0.331 e. The molecule has 0 aliphatic carbocycles. The molecule has 0 unspecified atom stereocenters. The van der Waals surface area contributed by atoms with Crippen LogP contribution in [0.5, 0.6) is 0 Å². The molecule has 0 fully saturated rings. The number of nitrogens with zero attached hydrogens (tertiary/aromatic N) is 4. The first-order chi connectivity index (χ1) is 8.22. The predicted molar refractivity (Wildman–Crippen MR) is 57.5 cm³/mol. The van der Waals surface area contributed by atoms with E-state index in [2.05, 4.69) is 20.7 Å². The number of anilines is 2. The van der Waals surface area contributed by atoms with Crippen molar-refractivity contribution in [3.8, 4) is 6.07 Å². The number of hydrogen-bond donors (Lipinski definition) is 2. The lowest BCUT2D eigenvalue weighted by Crippen LogP contribution is -1.98. The number of nitrogens with one attached hydrogen (secondary N) is 2. The molecule has 1 aromatic heterocycles. The summed E-state index contributed by atoms with van der Waals surface area (Å²) in [5.41, 5.74) is 0.199. The van der Waals surface area contributed by atoms with E-state index in [0.29, 0.717) is 0 Å². The summed E-state index contributed by atoms with van der Waals surface area (Å²) in [6.07, 6.45) is 0. The van der Waals surface area contributed by atoms with Crippen LogP contribution in [-0.4, -0.2) is 20.3 Å². The van der Waals surface area contributed by atoms with Crippen molar-refractivity contribution >= 4 is 17.2 Å². The number of H-pyrrole nitrogens is 1. The molecule has 0 aliphatic rings. The Morgan fingerprint density at radius 3 is 2.88 bits per heavy atom. The standard InChI is InChI=1S/C9H6N6O2/c10-5-7-9(13-14-12-7)11-6-3-1-2-4-8(6)15(16)17/h1-4H,(H2,11,12,13,14). The summed E-state index contributed by atoms with van der Waals surface area (Å²) in [7, 11) is 0. The Kier molecular flexibility index (Phi) is 2.66. The quantitative estimate of drug-likeness (QED) is 0.606. The highest BCUT2D eigenvalue weighted by Crippen LogP contribution is 2.26. The molecule has 1 aromatic carbocycles. The van der Waals surface area contributed by atoms with Gasteiger partial charge in [-0.25, -0.2) is 0 Å². The van der Waals surface area contributed by atoms with Crippen molar-refractivity contribution in [1.29, 1.82) is 5.26 Å². The van der Waals surface area contributed by atoms with Crippen LogP contribution in [0.1, 0.15) is 5.69 Å². The van der Waals surface area contributed by atoms with Crippen LogP contribution < -0.4 is 5.32 Å². The maximum absolute atomic E-state index is 10.8. The fourth-order valence-corrected chi connectivity index (χ4v) is 1.26. The minimum atomic E-state index is -0.519. The Bertz CT molecular complexity index is 600. The van der Waals surface area contributed by atoms with E-state index in [9.17, 15) is 10.1 Å². The Morgan fingerprint density at radius 1 is 1.41 bits per heavy atom. The SMILES string of the molecule is N#Cc1n[nH]nc1Nc1ccccc1[N+](=O)[O-]. The van der Waals surface area contributed by atoms with E-state index in [0.717, 1.165) is 0 Å². The minimum absolute atomic E-state index is 0.0446. The molecule has 2 rings (SSSR count). The molecule has 0 atom stereocenters.